The molecule has 4 heterocycles. The molecule has 0 spiro atoms. The second-order valence-electron chi connectivity index (χ2n) is 14.8. The summed E-state index contributed by atoms with van der Waals surface area (Å²) in [5.41, 5.74) is 3.11. The van der Waals surface area contributed by atoms with E-state index in [-0.39, 0.29) is 53.1 Å². The van der Waals surface area contributed by atoms with Gasteiger partial charge in [-0.25, -0.2) is 0 Å². The van der Waals surface area contributed by atoms with Crippen molar-refractivity contribution in [2.45, 2.75) is 104 Å². The minimum atomic E-state index is -5.53. The Hall–Kier alpha value is -5.74. The number of benzene rings is 2. The first-order valence-electron chi connectivity index (χ1n) is 18.3. The Morgan fingerprint density at radius 1 is 0.931 bits per heavy atom. The quantitative estimate of drug-likeness (QED) is 0.293. The van der Waals surface area contributed by atoms with Crippen molar-refractivity contribution in [3.63, 3.8) is 0 Å². The Labute approximate surface area is 331 Å². The molecule has 16 nitrogen and oxygen atoms in total. The number of nitriles is 1. The Morgan fingerprint density at radius 2 is 1.55 bits per heavy atom. The number of methoxy groups -OCH3 is 1. The number of imide groups is 2. The summed E-state index contributed by atoms with van der Waals surface area (Å²) in [6.45, 7) is 7.58. The van der Waals surface area contributed by atoms with Gasteiger partial charge in [0.05, 0.1) is 25.3 Å². The van der Waals surface area contributed by atoms with Gasteiger partial charge in [0, 0.05) is 68.6 Å². The zero-order chi connectivity index (χ0) is 42.9. The number of alkyl halides is 3. The van der Waals surface area contributed by atoms with Gasteiger partial charge in [-0.05, 0) is 51.8 Å². The SMILES string of the molecule is COc1c(C)cc2c(c1OC(C)=O)[C@@H]1C3Cc4c(OC(C)=O)c(C)c5c(c4[C@H](CN(C(C)=O)C(=O)[C@H](C)N(C(C)=O)C(=O)C(F)(F)F)N3[C@@H](C#N)[C@@H](C2)N1C)OCO5. The zero-order valence-corrected chi connectivity index (χ0v) is 33.2. The number of amides is 4. The van der Waals surface area contributed by atoms with Gasteiger partial charge in [0.15, 0.2) is 23.0 Å². The zero-order valence-electron chi connectivity index (χ0n) is 33.2. The topological polar surface area (TPSA) is 185 Å². The number of carbonyl (C=O) groups is 6. The molecule has 0 aliphatic carbocycles. The normalized spacial score (nSPS) is 22.3. The van der Waals surface area contributed by atoms with Crippen molar-refractivity contribution < 1.29 is 65.6 Å². The van der Waals surface area contributed by atoms with Crippen molar-refractivity contribution in [2.75, 3.05) is 27.5 Å². The van der Waals surface area contributed by atoms with Crippen LogP contribution in [0.1, 0.15) is 80.1 Å². The molecular formula is C39H42F3N5O11. The summed E-state index contributed by atoms with van der Waals surface area (Å²) >= 11 is 0. The van der Waals surface area contributed by atoms with Gasteiger partial charge in [-0.2, -0.15) is 18.4 Å². The molecule has 6 rings (SSSR count). The molecule has 2 bridgehead atoms. The van der Waals surface area contributed by atoms with Crippen molar-refractivity contribution >= 4 is 35.6 Å². The summed E-state index contributed by atoms with van der Waals surface area (Å²) in [5.74, 6) is -6.63. The summed E-state index contributed by atoms with van der Waals surface area (Å²) < 4.78 is 70.3. The maximum absolute atomic E-state index is 14.2. The maximum Gasteiger partial charge on any atom is 0.471 e. The molecule has 0 radical (unpaired) electrons. The molecule has 1 saturated heterocycles. The van der Waals surface area contributed by atoms with Crippen molar-refractivity contribution in [2.24, 2.45) is 0 Å². The van der Waals surface area contributed by atoms with E-state index >= 15 is 0 Å². The Morgan fingerprint density at radius 3 is 2.10 bits per heavy atom. The number of aryl methyl sites for hydroxylation is 1. The van der Waals surface area contributed by atoms with Crippen LogP contribution < -0.4 is 23.7 Å². The van der Waals surface area contributed by atoms with E-state index in [2.05, 4.69) is 6.07 Å². The molecule has 4 aliphatic rings. The number of esters is 2. The van der Waals surface area contributed by atoms with E-state index in [0.29, 0.717) is 39.8 Å². The fraction of sp³-hybridized carbons (Fsp3) is 0.513. The molecule has 58 heavy (non-hydrogen) atoms. The fourth-order valence-electron chi connectivity index (χ4n) is 9.12. The average molecular weight is 814 g/mol. The molecule has 1 unspecified atom stereocenters. The highest BCUT2D eigenvalue weighted by molar-refractivity contribution is 6.04. The van der Waals surface area contributed by atoms with Gasteiger partial charge >= 0.3 is 24.0 Å². The molecule has 2 aromatic rings. The number of piperazine rings is 1. The van der Waals surface area contributed by atoms with Crippen molar-refractivity contribution in [3.8, 4) is 34.8 Å². The van der Waals surface area contributed by atoms with Crippen LogP contribution in [0.2, 0.25) is 0 Å². The lowest BCUT2D eigenvalue weighted by Crippen LogP contribution is -2.69. The van der Waals surface area contributed by atoms with Gasteiger partial charge in [0.1, 0.15) is 17.8 Å². The van der Waals surface area contributed by atoms with Gasteiger partial charge in [-0.15, -0.1) is 0 Å². The second-order valence-corrected chi connectivity index (χ2v) is 14.8. The Kier molecular flexibility index (Phi) is 11.0. The van der Waals surface area contributed by atoms with Crippen LogP contribution in [-0.2, 0) is 41.6 Å². The molecule has 4 aliphatic heterocycles. The summed E-state index contributed by atoms with van der Waals surface area (Å²) in [5, 5.41) is 11.0. The van der Waals surface area contributed by atoms with Crippen LogP contribution in [0.25, 0.3) is 0 Å². The van der Waals surface area contributed by atoms with E-state index in [1.807, 2.05) is 18.0 Å². The lowest BCUT2D eigenvalue weighted by Gasteiger charge is -2.60. The smallest absolute Gasteiger partial charge is 0.471 e. The van der Waals surface area contributed by atoms with E-state index in [0.717, 1.165) is 19.4 Å². The monoisotopic (exact) mass is 813 g/mol. The number of hydrogen-bond acceptors (Lipinski definition) is 14. The first-order valence-corrected chi connectivity index (χ1v) is 18.3. The van der Waals surface area contributed by atoms with Gasteiger partial charge in [-0.3, -0.25) is 48.4 Å². The predicted molar refractivity (Wildman–Crippen MR) is 193 cm³/mol. The first-order chi connectivity index (χ1) is 27.2. The third kappa shape index (κ3) is 6.77. The largest absolute Gasteiger partial charge is 0.493 e. The van der Waals surface area contributed by atoms with Gasteiger partial charge in [-0.1, -0.05) is 6.07 Å². The van der Waals surface area contributed by atoms with E-state index < -0.39 is 84.5 Å². The van der Waals surface area contributed by atoms with Crippen LogP contribution in [0.4, 0.5) is 13.2 Å². The number of carbonyl (C=O) groups excluding carboxylic acids is 6. The Bertz CT molecular complexity index is 2190. The molecule has 0 aromatic heterocycles. The van der Waals surface area contributed by atoms with Crippen LogP contribution in [0, 0.1) is 25.2 Å². The molecule has 2 aromatic carbocycles. The summed E-state index contributed by atoms with van der Waals surface area (Å²) in [4.78, 5) is 82.1. The standard InChI is InChI=1S/C39H42F3N5O11/c1-16-10-23-11-25-27(13-43)47-26(31(44(25)8)29(23)36(32(16)54-9)58-22(7)51)12-24-30(35-34(55-15-56-35)17(2)33(24)57-21(6)50)28(47)14-45(19(4)48)37(52)18(3)46(20(5)49)38(53)39(40,41)42/h10,18,25-28,31H,11-12,14-15H2,1-9H3/t18-,25+,26?,27-,28-,31-/m0/s1. The highest BCUT2D eigenvalue weighted by atomic mass is 19.4. The maximum atomic E-state index is 14.2. The summed E-state index contributed by atoms with van der Waals surface area (Å²) in [7, 11) is 3.25. The highest BCUT2D eigenvalue weighted by Gasteiger charge is 2.58. The van der Waals surface area contributed by atoms with Crippen molar-refractivity contribution in [1.82, 2.24) is 19.6 Å². The minimum Gasteiger partial charge on any atom is -0.493 e. The first kappa shape index (κ1) is 41.9. The molecule has 4 amide bonds. The second kappa shape index (κ2) is 15.2. The third-order valence-corrected chi connectivity index (χ3v) is 11.3. The van der Waals surface area contributed by atoms with Crippen LogP contribution >= 0.6 is 0 Å². The lowest BCUT2D eigenvalue weighted by atomic mass is 9.71. The fourth-order valence-corrected chi connectivity index (χ4v) is 9.12. The predicted octanol–water partition coefficient (Wildman–Crippen LogP) is 3.36. The van der Waals surface area contributed by atoms with E-state index in [1.165, 1.54) is 21.0 Å². The average Bonchev–Trinajstić information content (AvgIpc) is 3.61. The Balaban J connectivity index is 1.62. The molecule has 6 atom stereocenters. The molecular weight excluding hydrogens is 771 g/mol. The molecule has 1 fully saturated rings. The summed E-state index contributed by atoms with van der Waals surface area (Å²) in [6, 6.07) is -1.98. The highest BCUT2D eigenvalue weighted by Crippen LogP contribution is 2.58. The number of nitrogens with zero attached hydrogens (tertiary/aromatic N) is 5. The van der Waals surface area contributed by atoms with Crippen LogP contribution in [0.3, 0.4) is 0 Å². The summed E-state index contributed by atoms with van der Waals surface area (Å²) in [6.07, 6.45) is -5.20. The minimum absolute atomic E-state index is 0.0591. The molecule has 0 saturated carbocycles. The number of ether oxygens (including phenoxy) is 5. The number of halogens is 3. The van der Waals surface area contributed by atoms with Crippen LogP contribution in [0.5, 0.6) is 28.7 Å². The van der Waals surface area contributed by atoms with E-state index in [1.54, 1.807) is 18.7 Å². The van der Waals surface area contributed by atoms with E-state index in [4.69, 9.17) is 23.7 Å². The number of likely N-dealkylation sites (N-methyl/N-ethyl adjacent to an activating group) is 1. The van der Waals surface area contributed by atoms with Gasteiger partial charge in [0.25, 0.3) is 5.91 Å². The van der Waals surface area contributed by atoms with Crippen LogP contribution in [0.15, 0.2) is 6.07 Å². The molecule has 0 N–H and O–H groups in total. The molecule has 19 heteroatoms. The third-order valence-electron chi connectivity index (χ3n) is 11.3. The number of fused-ring (bicyclic) bond motifs is 9. The van der Waals surface area contributed by atoms with Crippen molar-refractivity contribution in [3.05, 3.63) is 39.4 Å². The van der Waals surface area contributed by atoms with E-state index in [9.17, 15) is 47.2 Å². The lowest BCUT2D eigenvalue weighted by molar-refractivity contribution is -0.191. The van der Waals surface area contributed by atoms with Crippen LogP contribution in [-0.4, -0.2) is 113 Å². The molecule has 310 valence electrons. The van der Waals surface area contributed by atoms with Gasteiger partial charge < -0.3 is 23.7 Å². The van der Waals surface area contributed by atoms with Crippen molar-refractivity contribution in [1.29, 1.82) is 5.26 Å². The van der Waals surface area contributed by atoms with Gasteiger partial charge in [0.2, 0.25) is 18.6 Å². The number of hydrogen-bond donors (Lipinski definition) is 0. The number of rotatable bonds is 7.